The van der Waals surface area contributed by atoms with Gasteiger partial charge >= 0.3 is 23.9 Å². The van der Waals surface area contributed by atoms with E-state index >= 15 is 0 Å². The van der Waals surface area contributed by atoms with Crippen LogP contribution in [0.2, 0.25) is 0 Å². The highest BCUT2D eigenvalue weighted by molar-refractivity contribution is 5.85. The van der Waals surface area contributed by atoms with Gasteiger partial charge in [-0.1, -0.05) is 60.1 Å². The SMILES string of the molecule is CC(=O)OCC1O[C@@H]([C@H](O)C[C@]23CC[C@@H](C)[C@H](C)C2C2=CCC4[C@@]5(C)CCC(=O)C(C)(C)C5CC[C@@]4(C)[C@]2(C)CC3)C(OC(C)=O)[C@@H](OC(C)=O)[C@@H]1OC(C)=O. The van der Waals surface area contributed by atoms with Crippen LogP contribution in [0.25, 0.3) is 0 Å². The van der Waals surface area contributed by atoms with Crippen molar-refractivity contribution in [2.75, 3.05) is 6.61 Å². The molecule has 5 aliphatic carbocycles. The van der Waals surface area contributed by atoms with Crippen LogP contribution in [0.5, 0.6) is 0 Å². The van der Waals surface area contributed by atoms with Gasteiger partial charge in [0.1, 0.15) is 24.6 Å². The highest BCUT2D eigenvalue weighted by atomic mass is 16.7. The van der Waals surface area contributed by atoms with Crippen LogP contribution in [0, 0.1) is 56.7 Å². The van der Waals surface area contributed by atoms with Gasteiger partial charge in [-0.25, -0.2) is 0 Å². The van der Waals surface area contributed by atoms with Crippen molar-refractivity contribution in [2.45, 2.75) is 177 Å². The standard InChI is InChI=1S/C45H68O11/c1-24-14-19-45(22-31(50)37-39(54-28(5)48)40(55-29(6)49)38(53-27(4)47)32(56-37)23-52-26(3)46)21-20-43(10)30(36(45)25(24)2)12-13-34-42(9)17-16-35(51)41(7,8)33(42)15-18-44(34,43)11/h12,24-25,31-34,36-40,50H,13-23H2,1-11H3/t24-,25+,31-,32?,33?,34?,36?,37+,38-,39?,40+,42+,43-,44-,45-/m1/s1. The summed E-state index contributed by atoms with van der Waals surface area (Å²) < 4.78 is 28.9. The fraction of sp³-hybridized carbons (Fsp3) is 0.844. The van der Waals surface area contributed by atoms with E-state index in [0.29, 0.717) is 42.3 Å². The van der Waals surface area contributed by atoms with E-state index in [1.165, 1.54) is 33.3 Å². The lowest BCUT2D eigenvalue weighted by Crippen LogP contribution is -2.66. The number of carbonyl (C=O) groups excluding carboxylic acids is 5. The Morgan fingerprint density at radius 2 is 1.43 bits per heavy atom. The highest BCUT2D eigenvalue weighted by Gasteiger charge is 2.69. The Labute approximate surface area is 333 Å². The second kappa shape index (κ2) is 15.1. The quantitative estimate of drug-likeness (QED) is 0.153. The maximum absolute atomic E-state index is 13.3. The van der Waals surface area contributed by atoms with Gasteiger partial charge in [-0.2, -0.15) is 0 Å². The summed E-state index contributed by atoms with van der Waals surface area (Å²) in [5, 5.41) is 12.5. The molecular weight excluding hydrogens is 716 g/mol. The molecule has 1 aliphatic heterocycles. The van der Waals surface area contributed by atoms with Crippen molar-refractivity contribution < 1.29 is 52.8 Å². The minimum absolute atomic E-state index is 0.0454. The molecule has 0 aromatic carbocycles. The first kappa shape index (κ1) is 42.8. The Morgan fingerprint density at radius 3 is 2.05 bits per heavy atom. The van der Waals surface area contributed by atoms with Gasteiger partial charge in [-0.3, -0.25) is 24.0 Å². The molecule has 11 heteroatoms. The molecule has 5 unspecified atom stereocenters. The van der Waals surface area contributed by atoms with E-state index in [2.05, 4.69) is 54.5 Å². The van der Waals surface area contributed by atoms with Crippen LogP contribution < -0.4 is 0 Å². The number of ketones is 1. The highest BCUT2D eigenvalue weighted by Crippen LogP contribution is 2.76. The summed E-state index contributed by atoms with van der Waals surface area (Å²) in [6.45, 7) is 21.2. The molecule has 0 aromatic rings. The van der Waals surface area contributed by atoms with Crippen molar-refractivity contribution in [3.05, 3.63) is 11.6 Å². The predicted octanol–water partition coefficient (Wildman–Crippen LogP) is 7.09. The monoisotopic (exact) mass is 784 g/mol. The molecule has 0 bridgehead atoms. The largest absolute Gasteiger partial charge is 0.463 e. The summed E-state index contributed by atoms with van der Waals surface area (Å²) in [4.78, 5) is 62.7. The van der Waals surface area contributed by atoms with Gasteiger partial charge in [0, 0.05) is 39.5 Å². The van der Waals surface area contributed by atoms with E-state index in [1.807, 2.05) is 0 Å². The lowest BCUT2D eigenvalue weighted by Gasteiger charge is -2.71. The summed E-state index contributed by atoms with van der Waals surface area (Å²) in [6.07, 6.45) is 4.08. The summed E-state index contributed by atoms with van der Waals surface area (Å²) >= 11 is 0. The Balaban J connectivity index is 1.37. The number of Topliss-reactive ketones (excluding diaryl/α,β-unsaturated/α-hetero) is 1. The molecule has 15 atom stereocenters. The molecular formula is C45H68O11. The second-order valence-corrected chi connectivity index (χ2v) is 20.1. The Morgan fingerprint density at radius 1 is 0.804 bits per heavy atom. The van der Waals surface area contributed by atoms with E-state index in [9.17, 15) is 29.1 Å². The Hall–Kier alpha value is -2.79. The zero-order chi connectivity index (χ0) is 41.3. The van der Waals surface area contributed by atoms with Gasteiger partial charge in [-0.15, -0.1) is 0 Å². The van der Waals surface area contributed by atoms with E-state index in [1.54, 1.807) is 0 Å². The number of aliphatic hydroxyl groups is 1. The molecule has 1 heterocycles. The molecule has 0 amide bonds. The Kier molecular flexibility index (Phi) is 11.5. The molecule has 0 radical (unpaired) electrons. The van der Waals surface area contributed by atoms with E-state index in [4.69, 9.17) is 23.7 Å². The molecule has 314 valence electrons. The van der Waals surface area contributed by atoms with Gasteiger partial charge < -0.3 is 28.8 Å². The number of allylic oxidation sites excluding steroid dienone is 2. The molecule has 1 N–H and O–H groups in total. The van der Waals surface area contributed by atoms with Crippen LogP contribution in [-0.2, 0) is 47.7 Å². The first-order chi connectivity index (χ1) is 26.0. The molecule has 6 aliphatic rings. The van der Waals surface area contributed by atoms with Crippen molar-refractivity contribution >= 4 is 29.7 Å². The molecule has 11 nitrogen and oxygen atoms in total. The third-order valence-electron chi connectivity index (χ3n) is 16.9. The van der Waals surface area contributed by atoms with Crippen LogP contribution in [0.3, 0.4) is 0 Å². The minimum Gasteiger partial charge on any atom is -0.463 e. The van der Waals surface area contributed by atoms with Gasteiger partial charge in [0.15, 0.2) is 18.3 Å². The smallest absolute Gasteiger partial charge is 0.303 e. The molecule has 0 aromatic heterocycles. The molecule has 6 rings (SSSR count). The number of hydrogen-bond acceptors (Lipinski definition) is 11. The fourth-order valence-corrected chi connectivity index (χ4v) is 13.9. The van der Waals surface area contributed by atoms with Crippen LogP contribution in [0.4, 0.5) is 0 Å². The van der Waals surface area contributed by atoms with Gasteiger partial charge in [-0.05, 0) is 109 Å². The number of hydrogen-bond donors (Lipinski definition) is 1. The van der Waals surface area contributed by atoms with Crippen LogP contribution in [-0.4, -0.2) is 78.0 Å². The maximum Gasteiger partial charge on any atom is 0.303 e. The zero-order valence-corrected chi connectivity index (χ0v) is 35.7. The van der Waals surface area contributed by atoms with Crippen molar-refractivity contribution in [3.8, 4) is 0 Å². The summed E-state index contributed by atoms with van der Waals surface area (Å²) in [5.41, 5.74) is 0.959. The lowest BCUT2D eigenvalue weighted by atomic mass is 9.33. The number of carbonyl (C=O) groups is 5. The first-order valence-electron chi connectivity index (χ1n) is 21.2. The number of aliphatic hydroxyl groups excluding tert-OH is 1. The predicted molar refractivity (Wildman–Crippen MR) is 207 cm³/mol. The third kappa shape index (κ3) is 6.96. The molecule has 0 spiro atoms. The summed E-state index contributed by atoms with van der Waals surface area (Å²) in [5.74, 6) is -0.420. The van der Waals surface area contributed by atoms with Gasteiger partial charge in [0.25, 0.3) is 0 Å². The Bertz CT molecular complexity index is 1620. The second-order valence-electron chi connectivity index (χ2n) is 20.1. The van der Waals surface area contributed by atoms with Gasteiger partial charge in [0.05, 0.1) is 6.10 Å². The lowest BCUT2D eigenvalue weighted by molar-refractivity contribution is -0.269. The first-order valence-corrected chi connectivity index (χ1v) is 21.2. The molecule has 4 saturated carbocycles. The third-order valence-corrected chi connectivity index (χ3v) is 16.9. The van der Waals surface area contributed by atoms with Crippen molar-refractivity contribution in [1.29, 1.82) is 0 Å². The van der Waals surface area contributed by atoms with E-state index < -0.39 is 60.5 Å². The number of fused-ring (bicyclic) bond motifs is 7. The molecule has 56 heavy (non-hydrogen) atoms. The van der Waals surface area contributed by atoms with Crippen LogP contribution >= 0.6 is 0 Å². The topological polar surface area (TPSA) is 152 Å². The average Bonchev–Trinajstić information content (AvgIpc) is 3.09. The normalized spacial score (nSPS) is 44.6. The summed E-state index contributed by atoms with van der Waals surface area (Å²) in [7, 11) is 0. The molecule has 5 fully saturated rings. The molecule has 1 saturated heterocycles. The van der Waals surface area contributed by atoms with E-state index in [-0.39, 0.29) is 39.6 Å². The fourth-order valence-electron chi connectivity index (χ4n) is 13.9. The zero-order valence-electron chi connectivity index (χ0n) is 35.7. The summed E-state index contributed by atoms with van der Waals surface area (Å²) in [6, 6.07) is 0. The van der Waals surface area contributed by atoms with Crippen LogP contribution in [0.1, 0.15) is 140 Å². The number of esters is 4. The van der Waals surface area contributed by atoms with Crippen LogP contribution in [0.15, 0.2) is 11.6 Å². The van der Waals surface area contributed by atoms with Crippen molar-refractivity contribution in [2.24, 2.45) is 56.7 Å². The van der Waals surface area contributed by atoms with Gasteiger partial charge in [0.2, 0.25) is 0 Å². The minimum atomic E-state index is -1.32. The average molecular weight is 785 g/mol. The number of ether oxygens (including phenoxy) is 5. The number of rotatable bonds is 8. The van der Waals surface area contributed by atoms with E-state index in [0.717, 1.165) is 51.4 Å². The van der Waals surface area contributed by atoms with Crippen molar-refractivity contribution in [1.82, 2.24) is 0 Å². The van der Waals surface area contributed by atoms with Crippen molar-refractivity contribution in [3.63, 3.8) is 0 Å². The maximum atomic E-state index is 13.3.